The molecule has 44 heavy (non-hydrogen) atoms. The number of carbonyl (C=O) groups is 1. The maximum Gasteiger partial charge on any atom is 0.274 e. The summed E-state index contributed by atoms with van der Waals surface area (Å²) >= 11 is 1.36. The fourth-order valence-corrected chi connectivity index (χ4v) is 9.46. The van der Waals surface area contributed by atoms with Crippen molar-refractivity contribution < 1.29 is 14.3 Å². The van der Waals surface area contributed by atoms with Gasteiger partial charge in [-0.05, 0) is 122 Å². The fourth-order valence-electron chi connectivity index (χ4n) is 8.48. The predicted molar refractivity (Wildman–Crippen MR) is 174 cm³/mol. The molecule has 4 aliphatic rings. The number of rotatable bonds is 8. The maximum atomic E-state index is 13.2. The Balaban J connectivity index is 0.949. The van der Waals surface area contributed by atoms with Crippen molar-refractivity contribution in [3.63, 3.8) is 0 Å². The summed E-state index contributed by atoms with van der Waals surface area (Å²) in [5.74, 6) is 3.48. The maximum absolute atomic E-state index is 13.2. The third-order valence-corrected chi connectivity index (χ3v) is 10.9. The molecular formula is C36H35N3O4S. The van der Waals surface area contributed by atoms with Crippen LogP contribution in [0.5, 0.6) is 11.5 Å². The Morgan fingerprint density at radius 3 is 2.43 bits per heavy atom. The lowest BCUT2D eigenvalue weighted by molar-refractivity contribution is -0.118. The molecule has 1 N–H and O–H groups in total. The zero-order valence-corrected chi connectivity index (χ0v) is 25.6. The normalized spacial score (nSPS) is 24.3. The van der Waals surface area contributed by atoms with Crippen LogP contribution in [-0.4, -0.2) is 28.5 Å². The topological polar surface area (TPSA) is 81.9 Å². The average molecular weight is 606 g/mol. The summed E-state index contributed by atoms with van der Waals surface area (Å²) in [7, 11) is 0. The van der Waals surface area contributed by atoms with E-state index in [1.807, 2.05) is 61.5 Å². The first-order valence-electron chi connectivity index (χ1n) is 15.7. The zero-order valence-electron chi connectivity index (χ0n) is 24.8. The van der Waals surface area contributed by atoms with Crippen molar-refractivity contribution in [2.75, 3.05) is 18.5 Å². The van der Waals surface area contributed by atoms with Crippen molar-refractivity contribution in [2.24, 2.45) is 17.8 Å². The Bertz CT molecular complexity index is 1960. The van der Waals surface area contributed by atoms with Gasteiger partial charge in [0.25, 0.3) is 11.5 Å². The van der Waals surface area contributed by atoms with E-state index in [4.69, 9.17) is 9.47 Å². The molecule has 4 saturated carbocycles. The van der Waals surface area contributed by atoms with Gasteiger partial charge in [0.05, 0.1) is 22.2 Å². The first kappa shape index (κ1) is 27.4. The van der Waals surface area contributed by atoms with Crippen molar-refractivity contribution in [3.8, 4) is 11.5 Å². The molecule has 3 aromatic carbocycles. The molecule has 2 heterocycles. The third kappa shape index (κ3) is 4.85. The number of ether oxygens (including phenoxy) is 2. The number of anilines is 1. The Hall–Kier alpha value is -4.17. The van der Waals surface area contributed by atoms with Crippen molar-refractivity contribution in [1.82, 2.24) is 9.38 Å². The zero-order chi connectivity index (χ0) is 29.8. The Kier molecular flexibility index (Phi) is 6.70. The standard InChI is InChI=1S/C36H35N3O4S/c1-2-42-31-16-22(17-32-34(41)39-29-6-4-3-5-28(29)38-35(39)44-32)7-12-30(31)43-21-33(40)37-27-10-8-26(9-11-27)36-18-23-13-24(19-36)15-25(14-23)20-36/h3-12,16-17,23-25H,2,13-15,18-21H2,1H3,(H,37,40)/b32-17-. The van der Waals surface area contributed by atoms with E-state index in [-0.39, 0.29) is 18.1 Å². The highest BCUT2D eigenvalue weighted by atomic mass is 32.1. The van der Waals surface area contributed by atoms with Crippen molar-refractivity contribution in [3.05, 3.63) is 92.7 Å². The molecule has 0 radical (unpaired) electrons. The number of carbonyl (C=O) groups excluding carboxylic acids is 1. The van der Waals surface area contributed by atoms with E-state index in [1.54, 1.807) is 10.5 Å². The molecule has 0 saturated heterocycles. The monoisotopic (exact) mass is 605 g/mol. The second-order valence-corrected chi connectivity index (χ2v) is 13.9. The second-order valence-electron chi connectivity index (χ2n) is 12.9. The van der Waals surface area contributed by atoms with Gasteiger partial charge in [-0.3, -0.25) is 9.59 Å². The van der Waals surface area contributed by atoms with Gasteiger partial charge in [-0.15, -0.1) is 0 Å². The average Bonchev–Trinajstić information content (AvgIpc) is 3.52. The number of imidazole rings is 1. The number of aromatic nitrogens is 2. The molecular weight excluding hydrogens is 570 g/mol. The number of nitrogens with zero attached hydrogens (tertiary/aromatic N) is 2. The van der Waals surface area contributed by atoms with E-state index < -0.39 is 0 Å². The molecule has 224 valence electrons. The van der Waals surface area contributed by atoms with Crippen LogP contribution in [0.25, 0.3) is 22.1 Å². The number of para-hydroxylation sites is 2. The molecule has 0 aliphatic heterocycles. The van der Waals surface area contributed by atoms with Crippen LogP contribution >= 0.6 is 11.3 Å². The Morgan fingerprint density at radius 2 is 1.70 bits per heavy atom. The van der Waals surface area contributed by atoms with Crippen LogP contribution in [0.1, 0.15) is 56.6 Å². The summed E-state index contributed by atoms with van der Waals surface area (Å²) < 4.78 is 14.0. The third-order valence-electron chi connectivity index (χ3n) is 9.89. The van der Waals surface area contributed by atoms with Crippen LogP contribution in [0.2, 0.25) is 0 Å². The molecule has 7 nitrogen and oxygen atoms in total. The summed E-state index contributed by atoms with van der Waals surface area (Å²) in [5, 5.41) is 2.99. The quantitative estimate of drug-likeness (QED) is 0.223. The molecule has 4 aliphatic carbocycles. The summed E-state index contributed by atoms with van der Waals surface area (Å²) in [4.78, 5) is 31.3. The van der Waals surface area contributed by atoms with Crippen molar-refractivity contribution in [2.45, 2.75) is 50.9 Å². The lowest BCUT2D eigenvalue weighted by atomic mass is 9.48. The van der Waals surface area contributed by atoms with E-state index in [0.29, 0.717) is 33.0 Å². The largest absolute Gasteiger partial charge is 0.490 e. The van der Waals surface area contributed by atoms with Crippen LogP contribution in [0.3, 0.4) is 0 Å². The molecule has 0 atom stereocenters. The first-order valence-corrected chi connectivity index (χ1v) is 16.5. The van der Waals surface area contributed by atoms with Crippen LogP contribution in [-0.2, 0) is 10.2 Å². The molecule has 8 heteroatoms. The second kappa shape index (κ2) is 10.8. The molecule has 1 amide bonds. The molecule has 4 fully saturated rings. The van der Waals surface area contributed by atoms with Gasteiger partial charge in [0.1, 0.15) is 0 Å². The molecule has 9 rings (SSSR count). The van der Waals surface area contributed by atoms with Crippen LogP contribution < -0.4 is 24.9 Å². The SMILES string of the molecule is CCOc1cc(/C=c2\sc3nc4ccccc4n3c2=O)ccc1OCC(=O)Nc1ccc(C23CC4CC(CC(C4)C2)C3)cc1. The fraction of sp³-hybridized carbons (Fsp3) is 0.361. The van der Waals surface area contributed by atoms with Gasteiger partial charge in [0, 0.05) is 5.69 Å². The van der Waals surface area contributed by atoms with Gasteiger partial charge < -0.3 is 14.8 Å². The van der Waals surface area contributed by atoms with Crippen LogP contribution in [0, 0.1) is 17.8 Å². The number of hydrogen-bond donors (Lipinski definition) is 1. The van der Waals surface area contributed by atoms with Gasteiger partial charge >= 0.3 is 0 Å². The number of fused-ring (bicyclic) bond motifs is 3. The minimum Gasteiger partial charge on any atom is -0.490 e. The van der Waals surface area contributed by atoms with E-state index in [0.717, 1.165) is 40.0 Å². The van der Waals surface area contributed by atoms with E-state index in [1.165, 1.54) is 55.4 Å². The highest BCUT2D eigenvalue weighted by Crippen LogP contribution is 2.60. The van der Waals surface area contributed by atoms with Gasteiger partial charge in [-0.1, -0.05) is 41.7 Å². The Labute approximate surface area is 259 Å². The van der Waals surface area contributed by atoms with E-state index in [2.05, 4.69) is 22.4 Å². The van der Waals surface area contributed by atoms with Crippen molar-refractivity contribution in [1.29, 1.82) is 0 Å². The smallest absolute Gasteiger partial charge is 0.274 e. The van der Waals surface area contributed by atoms with Gasteiger partial charge in [-0.25, -0.2) is 9.38 Å². The lowest BCUT2D eigenvalue weighted by Crippen LogP contribution is -2.48. The molecule has 2 aromatic heterocycles. The molecule has 4 bridgehead atoms. The summed E-state index contributed by atoms with van der Waals surface area (Å²) in [6.45, 7) is 2.20. The lowest BCUT2D eigenvalue weighted by Gasteiger charge is -2.57. The first-order chi connectivity index (χ1) is 21.5. The number of thiazole rings is 1. The number of benzene rings is 3. The number of hydrogen-bond acceptors (Lipinski definition) is 6. The Morgan fingerprint density at radius 1 is 0.977 bits per heavy atom. The van der Waals surface area contributed by atoms with E-state index in [9.17, 15) is 9.59 Å². The molecule has 5 aromatic rings. The van der Waals surface area contributed by atoms with Crippen LogP contribution in [0.4, 0.5) is 5.69 Å². The predicted octanol–water partition coefficient (Wildman–Crippen LogP) is 6.34. The number of nitrogens with one attached hydrogen (secondary N) is 1. The molecule has 0 spiro atoms. The highest BCUT2D eigenvalue weighted by molar-refractivity contribution is 7.15. The minimum atomic E-state index is -0.226. The summed E-state index contributed by atoms with van der Waals surface area (Å²) in [6.07, 6.45) is 10.1. The number of amides is 1. The summed E-state index contributed by atoms with van der Waals surface area (Å²) in [6, 6.07) is 21.6. The van der Waals surface area contributed by atoms with Crippen molar-refractivity contribution >= 4 is 45.0 Å². The van der Waals surface area contributed by atoms with Gasteiger partial charge in [-0.2, -0.15) is 0 Å². The summed E-state index contributed by atoms with van der Waals surface area (Å²) in [5.41, 5.74) is 4.89. The highest BCUT2D eigenvalue weighted by Gasteiger charge is 2.51. The van der Waals surface area contributed by atoms with Gasteiger partial charge in [0.2, 0.25) is 0 Å². The van der Waals surface area contributed by atoms with E-state index >= 15 is 0 Å². The van der Waals surface area contributed by atoms with Crippen LogP contribution in [0.15, 0.2) is 71.5 Å². The van der Waals surface area contributed by atoms with Gasteiger partial charge in [0.15, 0.2) is 23.1 Å². The minimum absolute atomic E-state index is 0.0976. The molecule has 0 unspecified atom stereocenters.